The molecule has 0 saturated carbocycles. The zero-order chi connectivity index (χ0) is 13.4. The summed E-state index contributed by atoms with van der Waals surface area (Å²) in [6.45, 7) is 0.146. The molecule has 0 aliphatic rings. The average Bonchev–Trinajstić information content (AvgIpc) is 2.38. The monoisotopic (exact) mass is 253 g/mol. The van der Waals surface area contributed by atoms with E-state index in [1.807, 2.05) is 0 Å². The molecule has 0 spiro atoms. The molecular weight excluding hydrogens is 234 g/mol. The minimum atomic E-state index is -0.439. The SMILES string of the molecule is CNNC(Cc1ccc(O)cc1)C(=O)NCCO. The third-order valence-corrected chi connectivity index (χ3v) is 2.42. The Hall–Kier alpha value is -1.63. The molecule has 18 heavy (non-hydrogen) atoms. The first-order chi connectivity index (χ1) is 8.67. The highest BCUT2D eigenvalue weighted by Crippen LogP contribution is 2.11. The van der Waals surface area contributed by atoms with Crippen molar-refractivity contribution in [2.75, 3.05) is 20.2 Å². The molecule has 0 aromatic heterocycles. The number of hydrazine groups is 1. The van der Waals surface area contributed by atoms with Crippen LogP contribution in [-0.4, -0.2) is 42.4 Å². The normalized spacial score (nSPS) is 12.1. The summed E-state index contributed by atoms with van der Waals surface area (Å²) >= 11 is 0. The summed E-state index contributed by atoms with van der Waals surface area (Å²) in [6, 6.07) is 6.25. The lowest BCUT2D eigenvalue weighted by atomic mass is 10.1. The Bertz CT molecular complexity index is 367. The number of amides is 1. The lowest BCUT2D eigenvalue weighted by molar-refractivity contribution is -0.123. The number of hydrogen-bond acceptors (Lipinski definition) is 5. The van der Waals surface area contributed by atoms with Gasteiger partial charge in [0.1, 0.15) is 11.8 Å². The largest absolute Gasteiger partial charge is 0.508 e. The number of carbonyl (C=O) groups excluding carboxylic acids is 1. The molecule has 1 atom stereocenters. The van der Waals surface area contributed by atoms with E-state index in [0.717, 1.165) is 5.56 Å². The maximum Gasteiger partial charge on any atom is 0.238 e. The van der Waals surface area contributed by atoms with Crippen molar-refractivity contribution in [3.05, 3.63) is 29.8 Å². The van der Waals surface area contributed by atoms with E-state index in [4.69, 9.17) is 5.11 Å². The lowest BCUT2D eigenvalue weighted by Gasteiger charge is -2.17. The molecule has 6 nitrogen and oxygen atoms in total. The van der Waals surface area contributed by atoms with Crippen LogP contribution in [0, 0.1) is 0 Å². The molecule has 100 valence electrons. The molecular formula is C12H19N3O3. The smallest absolute Gasteiger partial charge is 0.238 e. The van der Waals surface area contributed by atoms with Crippen LogP contribution >= 0.6 is 0 Å². The van der Waals surface area contributed by atoms with Crippen LogP contribution in [0.15, 0.2) is 24.3 Å². The number of benzene rings is 1. The number of phenolic OH excluding ortho intramolecular Hbond substituents is 1. The maximum atomic E-state index is 11.8. The Balaban J connectivity index is 2.61. The highest BCUT2D eigenvalue weighted by atomic mass is 16.3. The number of nitrogens with one attached hydrogen (secondary N) is 3. The molecule has 0 bridgehead atoms. The summed E-state index contributed by atoms with van der Waals surface area (Å²) < 4.78 is 0. The number of aromatic hydroxyl groups is 1. The first-order valence-corrected chi connectivity index (χ1v) is 5.76. The third kappa shape index (κ3) is 4.70. The highest BCUT2D eigenvalue weighted by molar-refractivity contribution is 5.82. The summed E-state index contributed by atoms with van der Waals surface area (Å²) in [5.74, 6) is 0.00748. The number of phenols is 1. The number of aliphatic hydroxyl groups is 1. The Labute approximate surface area is 106 Å². The Kier molecular flexibility index (Phi) is 6.13. The van der Waals surface area contributed by atoms with Gasteiger partial charge in [-0.3, -0.25) is 10.2 Å². The minimum absolute atomic E-state index is 0.0861. The highest BCUT2D eigenvalue weighted by Gasteiger charge is 2.17. The summed E-state index contributed by atoms with van der Waals surface area (Å²) in [7, 11) is 1.68. The minimum Gasteiger partial charge on any atom is -0.508 e. The fourth-order valence-electron chi connectivity index (χ4n) is 1.55. The molecule has 1 rings (SSSR count). The van der Waals surface area contributed by atoms with Gasteiger partial charge in [0.15, 0.2) is 0 Å². The molecule has 0 aliphatic carbocycles. The number of hydrogen-bond donors (Lipinski definition) is 5. The van der Waals surface area contributed by atoms with Gasteiger partial charge in [-0.1, -0.05) is 12.1 Å². The molecule has 0 radical (unpaired) electrons. The standard InChI is InChI=1S/C12H19N3O3/c1-13-15-11(12(18)14-6-7-16)8-9-2-4-10(17)5-3-9/h2-5,11,13,15-17H,6-8H2,1H3,(H,14,18). The van der Waals surface area contributed by atoms with Crippen LogP contribution in [0.4, 0.5) is 0 Å². The maximum absolute atomic E-state index is 11.8. The van der Waals surface area contributed by atoms with E-state index in [1.165, 1.54) is 0 Å². The summed E-state index contributed by atoms with van der Waals surface area (Å²) in [5, 5.41) is 20.5. The molecule has 0 heterocycles. The van der Waals surface area contributed by atoms with Crippen LogP contribution in [0.3, 0.4) is 0 Å². The summed E-state index contributed by atoms with van der Waals surface area (Å²) in [6.07, 6.45) is 0.485. The van der Waals surface area contributed by atoms with Gasteiger partial charge >= 0.3 is 0 Å². The van der Waals surface area contributed by atoms with Gasteiger partial charge in [0.25, 0.3) is 0 Å². The average molecular weight is 253 g/mol. The van der Waals surface area contributed by atoms with Gasteiger partial charge in [-0.25, -0.2) is 5.43 Å². The van der Waals surface area contributed by atoms with Crippen LogP contribution < -0.4 is 16.2 Å². The van der Waals surface area contributed by atoms with Gasteiger partial charge in [-0.05, 0) is 31.2 Å². The zero-order valence-corrected chi connectivity index (χ0v) is 10.3. The second kappa shape index (κ2) is 7.65. The summed E-state index contributed by atoms with van der Waals surface area (Å²) in [5.41, 5.74) is 6.51. The molecule has 5 N–H and O–H groups in total. The third-order valence-electron chi connectivity index (χ3n) is 2.42. The van der Waals surface area contributed by atoms with Crippen molar-refractivity contribution in [2.45, 2.75) is 12.5 Å². The van der Waals surface area contributed by atoms with E-state index in [0.29, 0.717) is 6.42 Å². The molecule has 1 unspecified atom stereocenters. The fraction of sp³-hybridized carbons (Fsp3) is 0.417. The van der Waals surface area contributed by atoms with E-state index in [9.17, 15) is 9.90 Å². The number of carbonyl (C=O) groups is 1. The van der Waals surface area contributed by atoms with Gasteiger partial charge in [0.2, 0.25) is 5.91 Å². The van der Waals surface area contributed by atoms with Crippen molar-refractivity contribution in [1.29, 1.82) is 0 Å². The molecule has 0 fully saturated rings. The molecule has 6 heteroatoms. The van der Waals surface area contributed by atoms with Crippen molar-refractivity contribution >= 4 is 5.91 Å². The van der Waals surface area contributed by atoms with E-state index < -0.39 is 6.04 Å². The topological polar surface area (TPSA) is 93.6 Å². The molecule has 1 aromatic carbocycles. The van der Waals surface area contributed by atoms with Crippen LogP contribution in [0.25, 0.3) is 0 Å². The second-order valence-corrected chi connectivity index (χ2v) is 3.83. The fourth-order valence-corrected chi connectivity index (χ4v) is 1.55. The number of aliphatic hydroxyl groups excluding tert-OH is 1. The van der Waals surface area contributed by atoms with Gasteiger partial charge in [-0.2, -0.15) is 0 Å². The van der Waals surface area contributed by atoms with E-state index in [1.54, 1.807) is 31.3 Å². The van der Waals surface area contributed by atoms with E-state index in [2.05, 4.69) is 16.2 Å². The molecule has 0 aliphatic heterocycles. The molecule has 1 amide bonds. The van der Waals surface area contributed by atoms with Gasteiger partial charge in [-0.15, -0.1) is 0 Å². The summed E-state index contributed by atoms with van der Waals surface area (Å²) in [4.78, 5) is 11.8. The van der Waals surface area contributed by atoms with Crippen LogP contribution in [-0.2, 0) is 11.2 Å². The number of rotatable bonds is 7. The van der Waals surface area contributed by atoms with Crippen LogP contribution in [0.2, 0.25) is 0 Å². The van der Waals surface area contributed by atoms with Crippen molar-refractivity contribution in [3.63, 3.8) is 0 Å². The van der Waals surface area contributed by atoms with E-state index in [-0.39, 0.29) is 24.8 Å². The van der Waals surface area contributed by atoms with Gasteiger partial charge in [0, 0.05) is 6.54 Å². The zero-order valence-electron chi connectivity index (χ0n) is 10.3. The first kappa shape index (κ1) is 14.4. The van der Waals surface area contributed by atoms with Crippen molar-refractivity contribution in [1.82, 2.24) is 16.2 Å². The van der Waals surface area contributed by atoms with Crippen molar-refractivity contribution in [2.24, 2.45) is 0 Å². The Morgan fingerprint density at radius 2 is 2.00 bits per heavy atom. The molecule has 0 saturated heterocycles. The molecule has 1 aromatic rings. The van der Waals surface area contributed by atoms with Crippen LogP contribution in [0.5, 0.6) is 5.75 Å². The van der Waals surface area contributed by atoms with Gasteiger partial charge < -0.3 is 15.5 Å². The van der Waals surface area contributed by atoms with Crippen molar-refractivity contribution in [3.8, 4) is 5.75 Å². The first-order valence-electron chi connectivity index (χ1n) is 5.76. The Morgan fingerprint density at radius 3 is 2.56 bits per heavy atom. The lowest BCUT2D eigenvalue weighted by Crippen LogP contribution is -2.50. The predicted molar refractivity (Wildman–Crippen MR) is 67.9 cm³/mol. The van der Waals surface area contributed by atoms with E-state index >= 15 is 0 Å². The van der Waals surface area contributed by atoms with Crippen molar-refractivity contribution < 1.29 is 15.0 Å². The predicted octanol–water partition coefficient (Wildman–Crippen LogP) is -0.864. The quantitative estimate of drug-likeness (QED) is 0.408. The Morgan fingerprint density at radius 1 is 1.33 bits per heavy atom. The van der Waals surface area contributed by atoms with Gasteiger partial charge in [0.05, 0.1) is 6.61 Å². The second-order valence-electron chi connectivity index (χ2n) is 3.83. The van der Waals surface area contributed by atoms with Crippen LogP contribution in [0.1, 0.15) is 5.56 Å².